The predicted molar refractivity (Wildman–Crippen MR) is 80.4 cm³/mol. The van der Waals surface area contributed by atoms with Crippen LogP contribution in [-0.2, 0) is 12.0 Å². The summed E-state index contributed by atoms with van der Waals surface area (Å²) in [5.41, 5.74) is 1.74. The Kier molecular flexibility index (Phi) is 3.24. The molecule has 3 rings (SSSR count). The van der Waals surface area contributed by atoms with Crippen LogP contribution in [-0.4, -0.2) is 14.8 Å². The van der Waals surface area contributed by atoms with Gasteiger partial charge in [0.2, 0.25) is 0 Å². The zero-order valence-corrected chi connectivity index (χ0v) is 12.9. The van der Waals surface area contributed by atoms with Gasteiger partial charge in [0.1, 0.15) is 0 Å². The number of nitrogens with zero attached hydrogens (tertiary/aromatic N) is 3. The number of aromatic nitrogens is 3. The first-order valence-electron chi connectivity index (χ1n) is 6.96. The summed E-state index contributed by atoms with van der Waals surface area (Å²) in [5, 5.41) is 7.73. The highest BCUT2D eigenvalue weighted by Gasteiger charge is 2.26. The lowest BCUT2D eigenvalue weighted by molar-refractivity contribution is 0.515. The number of hydrogen-bond acceptors (Lipinski definition) is 4. The van der Waals surface area contributed by atoms with Crippen LogP contribution >= 0.6 is 11.3 Å². The highest BCUT2D eigenvalue weighted by molar-refractivity contribution is 7.09. The highest BCUT2D eigenvalue weighted by Crippen LogP contribution is 2.41. The van der Waals surface area contributed by atoms with Gasteiger partial charge in [-0.25, -0.2) is 9.67 Å². The van der Waals surface area contributed by atoms with Crippen molar-refractivity contribution in [2.45, 2.75) is 51.5 Å². The summed E-state index contributed by atoms with van der Waals surface area (Å²) in [6, 6.07) is 3.41. The molecule has 20 heavy (non-hydrogen) atoms. The molecule has 0 aliphatic heterocycles. The van der Waals surface area contributed by atoms with Gasteiger partial charge in [0.05, 0.1) is 22.9 Å². The van der Waals surface area contributed by atoms with Crippen molar-refractivity contribution in [1.29, 1.82) is 0 Å². The molecule has 2 aromatic rings. The van der Waals surface area contributed by atoms with E-state index in [0.717, 1.165) is 11.4 Å². The third-order valence-electron chi connectivity index (χ3n) is 3.44. The summed E-state index contributed by atoms with van der Waals surface area (Å²) in [7, 11) is 0. The van der Waals surface area contributed by atoms with Crippen LogP contribution in [0, 0.1) is 0 Å². The van der Waals surface area contributed by atoms with E-state index in [0.29, 0.717) is 12.5 Å². The molecule has 5 heteroatoms. The van der Waals surface area contributed by atoms with Crippen LogP contribution in [0.1, 0.15) is 55.9 Å². The molecule has 0 amide bonds. The van der Waals surface area contributed by atoms with E-state index >= 15 is 0 Å². The number of hydrogen-bond donors (Lipinski definition) is 0. The van der Waals surface area contributed by atoms with Crippen molar-refractivity contribution < 1.29 is 0 Å². The molecule has 0 atom stereocenters. The molecule has 0 unspecified atom stereocenters. The monoisotopic (exact) mass is 289 g/mol. The summed E-state index contributed by atoms with van der Waals surface area (Å²) >= 11 is 1.70. The van der Waals surface area contributed by atoms with Crippen LogP contribution in [0.2, 0.25) is 0 Å². The largest absolute Gasteiger partial charge is 0.268 e. The molecular weight excluding hydrogens is 270 g/mol. The zero-order valence-electron chi connectivity index (χ0n) is 12.1. The minimum absolute atomic E-state index is 0.0588. The smallest absolute Gasteiger partial charge is 0.267 e. The lowest BCUT2D eigenvalue weighted by Crippen LogP contribution is -2.27. The summed E-state index contributed by atoms with van der Waals surface area (Å²) in [5.74, 6) is 0.666. The SMILES string of the molecule is CC(C)(C)c1ccc(=O)n(Cc2csc(C3CC3)n2)n1. The Morgan fingerprint density at radius 2 is 2.10 bits per heavy atom. The molecule has 0 aromatic carbocycles. The van der Waals surface area contributed by atoms with E-state index in [1.165, 1.54) is 22.5 Å². The first-order valence-corrected chi connectivity index (χ1v) is 7.84. The van der Waals surface area contributed by atoms with Gasteiger partial charge in [0.15, 0.2) is 0 Å². The second-order valence-electron chi connectivity index (χ2n) is 6.42. The Bertz CT molecular complexity index is 677. The van der Waals surface area contributed by atoms with Crippen molar-refractivity contribution in [3.05, 3.63) is 44.3 Å². The van der Waals surface area contributed by atoms with E-state index in [1.54, 1.807) is 17.4 Å². The van der Waals surface area contributed by atoms with Crippen molar-refractivity contribution >= 4 is 11.3 Å². The molecule has 1 aliphatic rings. The van der Waals surface area contributed by atoms with Crippen molar-refractivity contribution in [3.8, 4) is 0 Å². The average molecular weight is 289 g/mol. The Morgan fingerprint density at radius 3 is 2.75 bits per heavy atom. The minimum Gasteiger partial charge on any atom is -0.268 e. The normalized spacial score (nSPS) is 15.6. The van der Waals surface area contributed by atoms with Crippen molar-refractivity contribution in [3.63, 3.8) is 0 Å². The fraction of sp³-hybridized carbons (Fsp3) is 0.533. The lowest BCUT2D eigenvalue weighted by Gasteiger charge is -2.18. The highest BCUT2D eigenvalue weighted by atomic mass is 32.1. The number of rotatable bonds is 3. The quantitative estimate of drug-likeness (QED) is 0.873. The molecule has 4 nitrogen and oxygen atoms in total. The van der Waals surface area contributed by atoms with Gasteiger partial charge in [-0.15, -0.1) is 11.3 Å². The fourth-order valence-electron chi connectivity index (χ4n) is 2.03. The maximum atomic E-state index is 11.9. The van der Waals surface area contributed by atoms with E-state index in [-0.39, 0.29) is 11.0 Å². The molecule has 1 saturated carbocycles. The van der Waals surface area contributed by atoms with Gasteiger partial charge in [-0.3, -0.25) is 4.79 Å². The van der Waals surface area contributed by atoms with Gasteiger partial charge in [-0.05, 0) is 18.9 Å². The molecule has 0 radical (unpaired) electrons. The molecule has 0 saturated heterocycles. The third kappa shape index (κ3) is 2.82. The maximum Gasteiger partial charge on any atom is 0.267 e. The van der Waals surface area contributed by atoms with E-state index < -0.39 is 0 Å². The third-order valence-corrected chi connectivity index (χ3v) is 4.50. The van der Waals surface area contributed by atoms with Crippen molar-refractivity contribution in [2.24, 2.45) is 0 Å². The summed E-state index contributed by atoms with van der Waals surface area (Å²) in [4.78, 5) is 16.6. The summed E-state index contributed by atoms with van der Waals surface area (Å²) in [6.45, 7) is 6.75. The summed E-state index contributed by atoms with van der Waals surface area (Å²) in [6.07, 6.45) is 2.51. The van der Waals surface area contributed by atoms with Gasteiger partial charge < -0.3 is 0 Å². The van der Waals surface area contributed by atoms with Gasteiger partial charge in [-0.2, -0.15) is 5.10 Å². The first kappa shape index (κ1) is 13.5. The molecule has 1 aliphatic carbocycles. The van der Waals surface area contributed by atoms with Crippen LogP contribution in [0.5, 0.6) is 0 Å². The predicted octanol–water partition coefficient (Wildman–Crippen LogP) is 2.92. The Morgan fingerprint density at radius 1 is 1.35 bits per heavy atom. The van der Waals surface area contributed by atoms with Gasteiger partial charge in [-0.1, -0.05) is 20.8 Å². The van der Waals surface area contributed by atoms with Gasteiger partial charge in [0, 0.05) is 22.8 Å². The lowest BCUT2D eigenvalue weighted by atomic mass is 9.92. The molecule has 106 valence electrons. The van der Waals surface area contributed by atoms with E-state index in [2.05, 4.69) is 30.9 Å². The Labute approximate surface area is 122 Å². The topological polar surface area (TPSA) is 47.8 Å². The van der Waals surface area contributed by atoms with Crippen LogP contribution in [0.15, 0.2) is 22.3 Å². The van der Waals surface area contributed by atoms with Crippen molar-refractivity contribution in [1.82, 2.24) is 14.8 Å². The Hall–Kier alpha value is -1.49. The van der Waals surface area contributed by atoms with Crippen LogP contribution < -0.4 is 5.56 Å². The number of thiazole rings is 1. The van der Waals surface area contributed by atoms with E-state index in [4.69, 9.17) is 0 Å². The van der Waals surface area contributed by atoms with Gasteiger partial charge in [0.25, 0.3) is 5.56 Å². The fourth-order valence-corrected chi connectivity index (χ4v) is 3.01. The molecule has 0 bridgehead atoms. The molecule has 0 N–H and O–H groups in total. The van der Waals surface area contributed by atoms with E-state index in [1.807, 2.05) is 11.4 Å². The molecule has 0 spiro atoms. The zero-order chi connectivity index (χ0) is 14.3. The van der Waals surface area contributed by atoms with Crippen LogP contribution in [0.3, 0.4) is 0 Å². The second kappa shape index (κ2) is 4.81. The minimum atomic E-state index is -0.0704. The molecular formula is C15H19N3OS. The van der Waals surface area contributed by atoms with Crippen LogP contribution in [0.25, 0.3) is 0 Å². The van der Waals surface area contributed by atoms with Gasteiger partial charge >= 0.3 is 0 Å². The summed E-state index contributed by atoms with van der Waals surface area (Å²) < 4.78 is 1.52. The standard InChI is InChI=1S/C15H19N3OS/c1-15(2,3)12-6-7-13(19)18(17-12)8-11-9-20-14(16-11)10-4-5-10/h6-7,9-10H,4-5,8H2,1-3H3. The van der Waals surface area contributed by atoms with Crippen LogP contribution in [0.4, 0.5) is 0 Å². The second-order valence-corrected chi connectivity index (χ2v) is 7.31. The maximum absolute atomic E-state index is 11.9. The molecule has 1 fully saturated rings. The Balaban J connectivity index is 1.87. The molecule has 2 aromatic heterocycles. The molecule has 2 heterocycles. The first-order chi connectivity index (χ1) is 9.43. The van der Waals surface area contributed by atoms with Crippen molar-refractivity contribution in [2.75, 3.05) is 0 Å². The average Bonchev–Trinajstić information content (AvgIpc) is 3.12. The van der Waals surface area contributed by atoms with E-state index in [9.17, 15) is 4.79 Å².